The maximum Gasteiger partial charge on any atom is 0.410 e. The van der Waals surface area contributed by atoms with Gasteiger partial charge in [-0.15, -0.1) is 0 Å². The lowest BCUT2D eigenvalue weighted by atomic mass is 9.87. The number of carbonyl (C=O) groups excluding carboxylic acids is 2. The first-order valence-corrected chi connectivity index (χ1v) is 18.7. The van der Waals surface area contributed by atoms with E-state index < -0.39 is 5.60 Å². The van der Waals surface area contributed by atoms with E-state index in [9.17, 15) is 9.59 Å². The van der Waals surface area contributed by atoms with Gasteiger partial charge in [0.2, 0.25) is 5.91 Å². The number of aryl methyl sites for hydroxylation is 1. The van der Waals surface area contributed by atoms with E-state index in [4.69, 9.17) is 23.7 Å². The van der Waals surface area contributed by atoms with Crippen LogP contribution in [0.4, 0.5) is 10.5 Å². The number of para-hydroxylation sites is 1. The van der Waals surface area contributed by atoms with Crippen LogP contribution in [0.2, 0.25) is 0 Å². The summed E-state index contributed by atoms with van der Waals surface area (Å²) in [6.07, 6.45) is 4.10. The van der Waals surface area contributed by atoms with Gasteiger partial charge in [-0.25, -0.2) is 4.79 Å². The number of nitrogens with one attached hydrogen (secondary N) is 1. The predicted molar refractivity (Wildman–Crippen MR) is 203 cm³/mol. The first-order valence-electron chi connectivity index (χ1n) is 18.7. The second-order valence-corrected chi connectivity index (χ2v) is 14.7. The van der Waals surface area contributed by atoms with E-state index in [1.54, 1.807) is 18.9 Å². The van der Waals surface area contributed by atoms with Crippen LogP contribution in [0.3, 0.4) is 0 Å². The van der Waals surface area contributed by atoms with Gasteiger partial charge in [-0.3, -0.25) is 4.79 Å². The number of anilines is 1. The van der Waals surface area contributed by atoms with Crippen molar-refractivity contribution >= 4 is 17.7 Å². The highest BCUT2D eigenvalue weighted by molar-refractivity contribution is 5.72. The minimum Gasteiger partial charge on any atom is -0.496 e. The van der Waals surface area contributed by atoms with Crippen LogP contribution in [0, 0.1) is 0 Å². The molecule has 282 valence electrons. The Labute approximate surface area is 309 Å². The Kier molecular flexibility index (Phi) is 14.2. The third-order valence-electron chi connectivity index (χ3n) is 9.48. The number of likely N-dealkylation sites (tertiary alicyclic amines) is 1. The molecule has 10 nitrogen and oxygen atoms in total. The number of ether oxygens (including phenoxy) is 5. The van der Waals surface area contributed by atoms with Crippen LogP contribution in [-0.2, 0) is 38.6 Å². The average Bonchev–Trinajstić information content (AvgIpc) is 3.13. The van der Waals surface area contributed by atoms with Gasteiger partial charge in [0.25, 0.3) is 0 Å². The number of carbonyl (C=O) groups is 2. The van der Waals surface area contributed by atoms with E-state index in [0.717, 1.165) is 73.4 Å². The van der Waals surface area contributed by atoms with Crippen LogP contribution >= 0.6 is 0 Å². The molecule has 2 atom stereocenters. The van der Waals surface area contributed by atoms with Crippen LogP contribution in [0.15, 0.2) is 66.7 Å². The molecule has 52 heavy (non-hydrogen) atoms. The van der Waals surface area contributed by atoms with Crippen molar-refractivity contribution in [3.8, 4) is 11.5 Å². The molecule has 2 aliphatic heterocycles. The third kappa shape index (κ3) is 11.6. The van der Waals surface area contributed by atoms with Crippen molar-refractivity contribution in [2.24, 2.45) is 0 Å². The Balaban J connectivity index is 1.18. The summed E-state index contributed by atoms with van der Waals surface area (Å²) in [6.45, 7) is 12.9. The molecule has 0 radical (unpaired) electrons. The second kappa shape index (κ2) is 19.0. The summed E-state index contributed by atoms with van der Waals surface area (Å²) in [5, 5.41) is 2.91. The van der Waals surface area contributed by atoms with Gasteiger partial charge in [0, 0.05) is 56.7 Å². The fourth-order valence-corrected chi connectivity index (χ4v) is 6.88. The summed E-state index contributed by atoms with van der Waals surface area (Å²) >= 11 is 0. The number of amides is 2. The highest BCUT2D eigenvalue weighted by Crippen LogP contribution is 2.34. The molecule has 10 heteroatoms. The number of hydrogen-bond donors (Lipinski definition) is 1. The fourth-order valence-electron chi connectivity index (χ4n) is 6.88. The van der Waals surface area contributed by atoms with E-state index in [-0.39, 0.29) is 24.0 Å². The standard InChI is InChI=1S/C42H57N3O7/c1-31(46)43-21-9-23-44-22-8-12-34-15-14-32(27-38(34)44)29-51-40-28-45(41(47)52-42(2,3)4)24-20-37(40)33-16-18-36(19-17-33)50-26-10-25-49-30-35-11-6-7-13-39(35)48-5/h6-7,11,13-19,27,37,40H,8-10,12,20-26,28-30H2,1-5H3,(H,43,46)/t37-,40+/m1/s1. The molecule has 0 saturated carbocycles. The van der Waals surface area contributed by atoms with E-state index in [1.807, 2.05) is 57.2 Å². The van der Waals surface area contributed by atoms with Crippen LogP contribution in [0.25, 0.3) is 0 Å². The highest BCUT2D eigenvalue weighted by atomic mass is 16.6. The van der Waals surface area contributed by atoms with Crippen molar-refractivity contribution in [2.45, 2.75) is 90.6 Å². The Hall–Kier alpha value is -4.28. The Morgan fingerprint density at radius 1 is 0.942 bits per heavy atom. The van der Waals surface area contributed by atoms with Crippen molar-refractivity contribution in [1.82, 2.24) is 10.2 Å². The summed E-state index contributed by atoms with van der Waals surface area (Å²) in [4.78, 5) is 28.7. The molecule has 1 saturated heterocycles. The lowest BCUT2D eigenvalue weighted by molar-refractivity contribution is -0.118. The summed E-state index contributed by atoms with van der Waals surface area (Å²) in [5.74, 6) is 1.76. The van der Waals surface area contributed by atoms with Crippen molar-refractivity contribution in [3.63, 3.8) is 0 Å². The summed E-state index contributed by atoms with van der Waals surface area (Å²) in [5.41, 5.74) is 5.34. The molecule has 1 fully saturated rings. The zero-order chi connectivity index (χ0) is 36.9. The molecule has 3 aromatic carbocycles. The topological polar surface area (TPSA) is 98.8 Å². The lowest BCUT2D eigenvalue weighted by Gasteiger charge is -2.39. The summed E-state index contributed by atoms with van der Waals surface area (Å²) in [7, 11) is 1.67. The van der Waals surface area contributed by atoms with Gasteiger partial charge in [0.15, 0.2) is 0 Å². The van der Waals surface area contributed by atoms with Gasteiger partial charge >= 0.3 is 6.09 Å². The summed E-state index contributed by atoms with van der Waals surface area (Å²) in [6, 6.07) is 22.8. The maximum atomic E-state index is 13.1. The molecule has 0 spiro atoms. The van der Waals surface area contributed by atoms with Gasteiger partial charge in [-0.1, -0.05) is 42.5 Å². The van der Waals surface area contributed by atoms with Gasteiger partial charge in [0.05, 0.1) is 46.2 Å². The lowest BCUT2D eigenvalue weighted by Crippen LogP contribution is -2.48. The fraction of sp³-hybridized carbons (Fsp3) is 0.524. The van der Waals surface area contributed by atoms with Crippen LogP contribution in [0.1, 0.15) is 81.5 Å². The second-order valence-electron chi connectivity index (χ2n) is 14.7. The average molecular weight is 716 g/mol. The largest absolute Gasteiger partial charge is 0.496 e. The molecule has 2 heterocycles. The highest BCUT2D eigenvalue weighted by Gasteiger charge is 2.35. The first-order chi connectivity index (χ1) is 25.1. The number of hydrogen-bond acceptors (Lipinski definition) is 8. The Morgan fingerprint density at radius 2 is 1.75 bits per heavy atom. The molecule has 5 rings (SSSR count). The maximum absolute atomic E-state index is 13.1. The van der Waals surface area contributed by atoms with Crippen LogP contribution < -0.4 is 19.7 Å². The zero-order valence-electron chi connectivity index (χ0n) is 31.7. The molecule has 2 amide bonds. The molecule has 0 unspecified atom stereocenters. The molecule has 0 bridgehead atoms. The Morgan fingerprint density at radius 3 is 2.52 bits per heavy atom. The van der Waals surface area contributed by atoms with Crippen molar-refractivity contribution in [2.75, 3.05) is 57.9 Å². The van der Waals surface area contributed by atoms with Crippen molar-refractivity contribution in [1.29, 1.82) is 0 Å². The molecular formula is C42H57N3O7. The molecular weight excluding hydrogens is 658 g/mol. The third-order valence-corrected chi connectivity index (χ3v) is 9.48. The molecule has 0 aromatic heterocycles. The number of nitrogens with zero attached hydrogens (tertiary/aromatic N) is 2. The number of methoxy groups -OCH3 is 1. The minimum absolute atomic E-state index is 0.00687. The number of rotatable bonds is 16. The molecule has 3 aromatic rings. The number of piperidine rings is 1. The van der Waals surface area contributed by atoms with E-state index in [1.165, 1.54) is 11.3 Å². The van der Waals surface area contributed by atoms with Gasteiger partial charge in [-0.2, -0.15) is 0 Å². The minimum atomic E-state index is -0.571. The SMILES string of the molecule is COc1ccccc1COCCCOc1ccc([C@H]2CCN(C(=O)OC(C)(C)C)C[C@@H]2OCc2ccc3c(c2)N(CCCNC(C)=O)CCC3)cc1. The van der Waals surface area contributed by atoms with Crippen LogP contribution in [0.5, 0.6) is 11.5 Å². The van der Waals surface area contributed by atoms with E-state index >= 15 is 0 Å². The zero-order valence-corrected chi connectivity index (χ0v) is 31.7. The monoisotopic (exact) mass is 715 g/mol. The van der Waals surface area contributed by atoms with Crippen molar-refractivity contribution < 1.29 is 33.3 Å². The molecule has 0 aliphatic carbocycles. The molecule has 1 N–H and O–H groups in total. The number of benzene rings is 3. The smallest absolute Gasteiger partial charge is 0.410 e. The van der Waals surface area contributed by atoms with Gasteiger partial charge in [-0.05, 0) is 87.4 Å². The number of fused-ring (bicyclic) bond motifs is 1. The summed E-state index contributed by atoms with van der Waals surface area (Å²) < 4.78 is 29.7. The van der Waals surface area contributed by atoms with Gasteiger partial charge in [0.1, 0.15) is 17.1 Å². The Bertz CT molecular complexity index is 1590. The molecule has 2 aliphatic rings. The van der Waals surface area contributed by atoms with Gasteiger partial charge < -0.3 is 38.8 Å². The van der Waals surface area contributed by atoms with Crippen molar-refractivity contribution in [3.05, 3.63) is 89.0 Å². The quantitative estimate of drug-likeness (QED) is 0.155. The van der Waals surface area contributed by atoms with Crippen LogP contribution in [-0.4, -0.2) is 81.7 Å². The normalized spacial score (nSPS) is 17.3. The predicted octanol–water partition coefficient (Wildman–Crippen LogP) is 7.27. The van der Waals surface area contributed by atoms with E-state index in [2.05, 4.69) is 40.5 Å². The first kappa shape index (κ1) is 38.9. The van der Waals surface area contributed by atoms with E-state index in [0.29, 0.717) is 46.1 Å².